The first kappa shape index (κ1) is 12.6. The maximum atomic E-state index is 4.64. The van der Waals surface area contributed by atoms with Gasteiger partial charge < -0.3 is 5.32 Å². The van der Waals surface area contributed by atoms with Crippen molar-refractivity contribution in [1.29, 1.82) is 0 Å². The highest BCUT2D eigenvalue weighted by molar-refractivity contribution is 5.10. The van der Waals surface area contributed by atoms with Crippen molar-refractivity contribution in [2.75, 3.05) is 6.54 Å². The maximum absolute atomic E-state index is 4.64. The van der Waals surface area contributed by atoms with Crippen LogP contribution >= 0.6 is 0 Å². The Morgan fingerprint density at radius 1 is 1.29 bits per heavy atom. The Kier molecular flexibility index (Phi) is 4.60. The molecule has 1 aliphatic carbocycles. The fourth-order valence-corrected chi connectivity index (χ4v) is 2.67. The van der Waals surface area contributed by atoms with Crippen LogP contribution in [0, 0.1) is 0 Å². The SMILES string of the molecule is CCc1cc(CC)n(CCNC2CCCC2)n1. The zero-order valence-electron chi connectivity index (χ0n) is 11.2. The number of aromatic nitrogens is 2. The predicted molar refractivity (Wildman–Crippen MR) is 71.2 cm³/mol. The van der Waals surface area contributed by atoms with E-state index in [1.807, 2.05) is 0 Å². The molecule has 1 heterocycles. The second-order valence-electron chi connectivity index (χ2n) is 4.99. The van der Waals surface area contributed by atoms with Crippen molar-refractivity contribution in [3.63, 3.8) is 0 Å². The third-order valence-electron chi connectivity index (χ3n) is 3.75. The van der Waals surface area contributed by atoms with Crippen molar-refractivity contribution in [2.45, 2.75) is 65.0 Å². The van der Waals surface area contributed by atoms with E-state index in [4.69, 9.17) is 0 Å². The summed E-state index contributed by atoms with van der Waals surface area (Å²) in [5.74, 6) is 0. The fraction of sp³-hybridized carbons (Fsp3) is 0.786. The van der Waals surface area contributed by atoms with Crippen LogP contribution in [-0.2, 0) is 19.4 Å². The van der Waals surface area contributed by atoms with Crippen molar-refractivity contribution in [3.8, 4) is 0 Å². The Balaban J connectivity index is 1.82. The van der Waals surface area contributed by atoms with Gasteiger partial charge in [-0.15, -0.1) is 0 Å². The summed E-state index contributed by atoms with van der Waals surface area (Å²) in [5.41, 5.74) is 2.60. The van der Waals surface area contributed by atoms with Gasteiger partial charge in [-0.1, -0.05) is 26.7 Å². The van der Waals surface area contributed by atoms with E-state index in [2.05, 4.69) is 35.0 Å². The number of rotatable bonds is 6. The van der Waals surface area contributed by atoms with E-state index in [9.17, 15) is 0 Å². The van der Waals surface area contributed by atoms with Crippen LogP contribution in [0.1, 0.15) is 50.9 Å². The molecule has 0 saturated heterocycles. The van der Waals surface area contributed by atoms with Gasteiger partial charge >= 0.3 is 0 Å². The molecule has 1 aliphatic rings. The van der Waals surface area contributed by atoms with Gasteiger partial charge in [-0.3, -0.25) is 4.68 Å². The van der Waals surface area contributed by atoms with Crippen molar-refractivity contribution >= 4 is 0 Å². The standard InChI is InChI=1S/C14H25N3/c1-3-12-11-14(4-2)17(16-12)10-9-15-13-7-5-6-8-13/h11,13,15H,3-10H2,1-2H3. The minimum absolute atomic E-state index is 0.765. The van der Waals surface area contributed by atoms with Crippen LogP contribution in [0.5, 0.6) is 0 Å². The molecule has 17 heavy (non-hydrogen) atoms. The van der Waals surface area contributed by atoms with Crippen molar-refractivity contribution in [1.82, 2.24) is 15.1 Å². The number of nitrogens with one attached hydrogen (secondary N) is 1. The average molecular weight is 235 g/mol. The molecule has 1 N–H and O–H groups in total. The molecular weight excluding hydrogens is 210 g/mol. The Morgan fingerprint density at radius 2 is 2.06 bits per heavy atom. The van der Waals surface area contributed by atoms with Crippen LogP contribution in [0.3, 0.4) is 0 Å². The molecule has 3 heteroatoms. The molecule has 0 atom stereocenters. The number of hydrogen-bond donors (Lipinski definition) is 1. The van der Waals surface area contributed by atoms with Crippen molar-refractivity contribution in [2.24, 2.45) is 0 Å². The van der Waals surface area contributed by atoms with Crippen molar-refractivity contribution < 1.29 is 0 Å². The van der Waals surface area contributed by atoms with Gasteiger partial charge in [0.2, 0.25) is 0 Å². The van der Waals surface area contributed by atoms with Crippen LogP contribution in [0.25, 0.3) is 0 Å². The molecule has 1 fully saturated rings. The molecule has 3 nitrogen and oxygen atoms in total. The first-order valence-corrected chi connectivity index (χ1v) is 7.12. The molecule has 2 rings (SSSR count). The second-order valence-corrected chi connectivity index (χ2v) is 4.99. The molecular formula is C14H25N3. The third-order valence-corrected chi connectivity index (χ3v) is 3.75. The molecule has 96 valence electrons. The Hall–Kier alpha value is -0.830. The van der Waals surface area contributed by atoms with Crippen LogP contribution in [-0.4, -0.2) is 22.4 Å². The normalized spacial score (nSPS) is 16.8. The monoisotopic (exact) mass is 235 g/mol. The van der Waals surface area contributed by atoms with Crippen LogP contribution in [0.15, 0.2) is 6.07 Å². The quantitative estimate of drug-likeness (QED) is 0.821. The summed E-state index contributed by atoms with van der Waals surface area (Å²) in [6.07, 6.45) is 7.64. The predicted octanol–water partition coefficient (Wildman–Crippen LogP) is 2.54. The minimum Gasteiger partial charge on any atom is -0.312 e. The largest absolute Gasteiger partial charge is 0.312 e. The highest BCUT2D eigenvalue weighted by Gasteiger charge is 2.13. The maximum Gasteiger partial charge on any atom is 0.0624 e. The molecule has 0 bridgehead atoms. The minimum atomic E-state index is 0.765. The summed E-state index contributed by atoms with van der Waals surface area (Å²) in [4.78, 5) is 0. The highest BCUT2D eigenvalue weighted by Crippen LogP contribution is 2.17. The molecule has 1 saturated carbocycles. The average Bonchev–Trinajstić information content (AvgIpc) is 2.98. The smallest absolute Gasteiger partial charge is 0.0624 e. The van der Waals surface area contributed by atoms with Gasteiger partial charge in [-0.25, -0.2) is 0 Å². The van der Waals surface area contributed by atoms with E-state index in [1.165, 1.54) is 37.1 Å². The summed E-state index contributed by atoms with van der Waals surface area (Å²) >= 11 is 0. The molecule has 0 radical (unpaired) electrons. The molecule has 0 aromatic carbocycles. The van der Waals surface area contributed by atoms with E-state index in [0.717, 1.165) is 32.0 Å². The summed E-state index contributed by atoms with van der Waals surface area (Å²) < 4.78 is 2.18. The van der Waals surface area contributed by atoms with Gasteiger partial charge in [0.15, 0.2) is 0 Å². The van der Waals surface area contributed by atoms with E-state index >= 15 is 0 Å². The summed E-state index contributed by atoms with van der Waals surface area (Å²) in [5, 5.41) is 8.29. The Labute approximate surface area is 105 Å². The fourth-order valence-electron chi connectivity index (χ4n) is 2.67. The lowest BCUT2D eigenvalue weighted by Crippen LogP contribution is -2.29. The van der Waals surface area contributed by atoms with E-state index in [0.29, 0.717) is 0 Å². The second kappa shape index (κ2) is 6.20. The number of aryl methyl sites for hydroxylation is 2. The van der Waals surface area contributed by atoms with Gasteiger partial charge in [-0.2, -0.15) is 5.10 Å². The molecule has 0 unspecified atom stereocenters. The van der Waals surface area contributed by atoms with Gasteiger partial charge in [0.1, 0.15) is 0 Å². The first-order chi connectivity index (χ1) is 8.33. The molecule has 0 amide bonds. The molecule has 0 spiro atoms. The topological polar surface area (TPSA) is 29.9 Å². The lowest BCUT2D eigenvalue weighted by molar-refractivity contribution is 0.472. The van der Waals surface area contributed by atoms with Crippen LogP contribution < -0.4 is 5.32 Å². The zero-order chi connectivity index (χ0) is 12.1. The van der Waals surface area contributed by atoms with Gasteiger partial charge in [-0.05, 0) is 31.7 Å². The molecule has 1 aromatic heterocycles. The van der Waals surface area contributed by atoms with E-state index in [1.54, 1.807) is 0 Å². The molecule has 0 aliphatic heterocycles. The van der Waals surface area contributed by atoms with Gasteiger partial charge in [0.25, 0.3) is 0 Å². The lowest BCUT2D eigenvalue weighted by Gasteiger charge is -2.12. The van der Waals surface area contributed by atoms with Crippen molar-refractivity contribution in [3.05, 3.63) is 17.5 Å². The third kappa shape index (κ3) is 3.32. The molecule has 1 aromatic rings. The van der Waals surface area contributed by atoms with E-state index in [-0.39, 0.29) is 0 Å². The lowest BCUT2D eigenvalue weighted by atomic mass is 10.2. The first-order valence-electron chi connectivity index (χ1n) is 7.12. The summed E-state index contributed by atoms with van der Waals surface area (Å²) in [6, 6.07) is 3.01. The van der Waals surface area contributed by atoms with Gasteiger partial charge in [0, 0.05) is 18.3 Å². The Morgan fingerprint density at radius 3 is 2.71 bits per heavy atom. The van der Waals surface area contributed by atoms with E-state index < -0.39 is 0 Å². The highest BCUT2D eigenvalue weighted by atomic mass is 15.3. The van der Waals surface area contributed by atoms with Gasteiger partial charge in [0.05, 0.1) is 12.2 Å². The van der Waals surface area contributed by atoms with Crippen LogP contribution in [0.2, 0.25) is 0 Å². The van der Waals surface area contributed by atoms with Crippen LogP contribution in [0.4, 0.5) is 0 Å². The number of hydrogen-bond acceptors (Lipinski definition) is 2. The Bertz CT molecular complexity index is 337. The number of nitrogens with zero attached hydrogens (tertiary/aromatic N) is 2. The summed E-state index contributed by atoms with van der Waals surface area (Å²) in [7, 11) is 0. The summed E-state index contributed by atoms with van der Waals surface area (Å²) in [6.45, 7) is 6.45. The zero-order valence-corrected chi connectivity index (χ0v) is 11.2.